The Hall–Kier alpha value is -0.780. The van der Waals surface area contributed by atoms with Gasteiger partial charge >= 0.3 is 0 Å². The average molecular weight is 305 g/mol. The fourth-order valence-corrected chi connectivity index (χ4v) is 2.22. The summed E-state index contributed by atoms with van der Waals surface area (Å²) in [5.74, 6) is 1.21. The highest BCUT2D eigenvalue weighted by atomic mass is 79.9. The third-order valence-electron chi connectivity index (χ3n) is 2.65. The van der Waals surface area contributed by atoms with Gasteiger partial charge in [0.25, 0.3) is 0 Å². The van der Waals surface area contributed by atoms with Crippen LogP contribution in [0.3, 0.4) is 0 Å². The minimum absolute atomic E-state index is 0.316. The highest BCUT2D eigenvalue weighted by Crippen LogP contribution is 2.40. The first kappa shape index (κ1) is 14.3. The normalized spacial score (nSPS) is 14.2. The first-order valence-electron chi connectivity index (χ1n) is 5.18. The molecule has 17 heavy (non-hydrogen) atoms. The van der Waals surface area contributed by atoms with Crippen molar-refractivity contribution >= 4 is 15.9 Å². The lowest BCUT2D eigenvalue weighted by molar-refractivity contribution is -0.00257. The van der Waals surface area contributed by atoms with Gasteiger partial charge in [-0.05, 0) is 35.0 Å². The van der Waals surface area contributed by atoms with Crippen LogP contribution in [0.25, 0.3) is 0 Å². The van der Waals surface area contributed by atoms with E-state index >= 15 is 0 Å². The third-order valence-corrected chi connectivity index (χ3v) is 3.40. The quantitative estimate of drug-likeness (QED) is 0.908. The summed E-state index contributed by atoms with van der Waals surface area (Å²) in [7, 11) is 4.68. The fraction of sp³-hybridized carbons (Fsp3) is 0.500. The summed E-state index contributed by atoms with van der Waals surface area (Å²) in [6.07, 6.45) is -1.07. The molecule has 0 aliphatic rings. The van der Waals surface area contributed by atoms with Gasteiger partial charge in [0.05, 0.1) is 20.3 Å². The monoisotopic (exact) mass is 304 g/mol. The van der Waals surface area contributed by atoms with Gasteiger partial charge in [0.15, 0.2) is 0 Å². The molecule has 1 rings (SSSR count). The van der Waals surface area contributed by atoms with Gasteiger partial charge in [-0.3, -0.25) is 0 Å². The number of hydrogen-bond acceptors (Lipinski definition) is 4. The van der Waals surface area contributed by atoms with Gasteiger partial charge in [0, 0.05) is 12.7 Å². The highest BCUT2D eigenvalue weighted by molar-refractivity contribution is 9.10. The zero-order valence-electron chi connectivity index (χ0n) is 10.4. The molecule has 1 aromatic carbocycles. The Bertz CT molecular complexity index is 381. The second-order valence-electron chi connectivity index (χ2n) is 3.59. The first-order valence-corrected chi connectivity index (χ1v) is 5.97. The Labute approximate surface area is 110 Å². The zero-order chi connectivity index (χ0) is 13.0. The zero-order valence-corrected chi connectivity index (χ0v) is 11.9. The van der Waals surface area contributed by atoms with E-state index in [9.17, 15) is 5.11 Å². The Morgan fingerprint density at radius 2 is 1.82 bits per heavy atom. The second kappa shape index (κ2) is 6.23. The van der Waals surface area contributed by atoms with Crippen LogP contribution in [0.15, 0.2) is 16.6 Å². The summed E-state index contributed by atoms with van der Waals surface area (Å²) < 4.78 is 16.3. The summed E-state index contributed by atoms with van der Waals surface area (Å²) in [6, 6.07) is 3.54. The largest absolute Gasteiger partial charge is 0.495 e. The van der Waals surface area contributed by atoms with Crippen LogP contribution in [0.5, 0.6) is 11.5 Å². The number of rotatable bonds is 5. The summed E-state index contributed by atoms with van der Waals surface area (Å²) in [6.45, 7) is 1.79. The molecular formula is C12H17BrO4. The predicted molar refractivity (Wildman–Crippen MR) is 68.7 cm³/mol. The van der Waals surface area contributed by atoms with Gasteiger partial charge in [-0.1, -0.05) is 0 Å². The van der Waals surface area contributed by atoms with E-state index in [-0.39, 0.29) is 6.10 Å². The predicted octanol–water partition coefficient (Wildman–Crippen LogP) is 2.53. The lowest BCUT2D eigenvalue weighted by Crippen LogP contribution is -2.17. The first-order chi connectivity index (χ1) is 8.06. The summed E-state index contributed by atoms with van der Waals surface area (Å²) in [4.78, 5) is 0. The maximum absolute atomic E-state index is 10.1. The van der Waals surface area contributed by atoms with E-state index in [4.69, 9.17) is 14.2 Å². The van der Waals surface area contributed by atoms with E-state index in [2.05, 4.69) is 15.9 Å². The molecule has 0 aromatic heterocycles. The number of aliphatic hydroxyl groups excluding tert-OH is 1. The fourth-order valence-electron chi connectivity index (χ4n) is 1.53. The topological polar surface area (TPSA) is 47.9 Å². The van der Waals surface area contributed by atoms with E-state index < -0.39 is 6.10 Å². The molecule has 0 fully saturated rings. The van der Waals surface area contributed by atoms with Crippen LogP contribution in [-0.2, 0) is 4.74 Å². The SMILES string of the molecule is COc1ccc(C(O)C(C)OC)c(OC)c1Br. The molecule has 0 radical (unpaired) electrons. The van der Waals surface area contributed by atoms with Crippen LogP contribution in [0, 0.1) is 0 Å². The van der Waals surface area contributed by atoms with Crippen LogP contribution in [0.2, 0.25) is 0 Å². The minimum Gasteiger partial charge on any atom is -0.495 e. The van der Waals surface area contributed by atoms with Crippen molar-refractivity contribution in [3.63, 3.8) is 0 Å². The Morgan fingerprint density at radius 1 is 1.18 bits per heavy atom. The molecule has 1 N–H and O–H groups in total. The van der Waals surface area contributed by atoms with E-state index in [1.807, 2.05) is 0 Å². The molecule has 0 aliphatic heterocycles. The molecule has 0 bridgehead atoms. The standard InChI is InChI=1S/C12H17BrO4/c1-7(15-2)11(14)8-5-6-9(16-3)10(13)12(8)17-4/h5-7,11,14H,1-4H3. The smallest absolute Gasteiger partial charge is 0.142 e. The van der Waals surface area contributed by atoms with Crippen molar-refractivity contribution in [2.24, 2.45) is 0 Å². The van der Waals surface area contributed by atoms with E-state index in [0.29, 0.717) is 21.5 Å². The number of hydrogen-bond donors (Lipinski definition) is 1. The molecule has 0 saturated heterocycles. The van der Waals surface area contributed by atoms with Gasteiger partial charge in [0.2, 0.25) is 0 Å². The van der Waals surface area contributed by atoms with Gasteiger partial charge in [-0.15, -0.1) is 0 Å². The summed E-state index contributed by atoms with van der Waals surface area (Å²) >= 11 is 3.39. The van der Waals surface area contributed by atoms with Crippen molar-refractivity contribution in [1.29, 1.82) is 0 Å². The Balaban J connectivity index is 3.20. The van der Waals surface area contributed by atoms with Crippen molar-refractivity contribution in [3.8, 4) is 11.5 Å². The van der Waals surface area contributed by atoms with Crippen molar-refractivity contribution in [2.75, 3.05) is 21.3 Å². The molecule has 5 heteroatoms. The molecule has 0 aliphatic carbocycles. The lowest BCUT2D eigenvalue weighted by atomic mass is 10.0. The van der Waals surface area contributed by atoms with Crippen molar-refractivity contribution in [2.45, 2.75) is 19.1 Å². The summed E-state index contributed by atoms with van der Waals surface area (Å²) in [5, 5.41) is 10.1. The van der Waals surface area contributed by atoms with Gasteiger partial charge in [-0.2, -0.15) is 0 Å². The van der Waals surface area contributed by atoms with E-state index in [0.717, 1.165) is 0 Å². The van der Waals surface area contributed by atoms with Crippen LogP contribution in [0.4, 0.5) is 0 Å². The van der Waals surface area contributed by atoms with E-state index in [1.165, 1.54) is 0 Å². The molecule has 0 heterocycles. The molecule has 4 nitrogen and oxygen atoms in total. The van der Waals surface area contributed by atoms with Crippen molar-refractivity contribution < 1.29 is 19.3 Å². The van der Waals surface area contributed by atoms with E-state index in [1.54, 1.807) is 40.4 Å². The molecule has 0 amide bonds. The maximum Gasteiger partial charge on any atom is 0.142 e. The molecule has 2 atom stereocenters. The number of methoxy groups -OCH3 is 3. The number of ether oxygens (including phenoxy) is 3. The molecule has 0 saturated carbocycles. The highest BCUT2D eigenvalue weighted by Gasteiger charge is 2.22. The van der Waals surface area contributed by atoms with Gasteiger partial charge in [0.1, 0.15) is 22.1 Å². The van der Waals surface area contributed by atoms with Gasteiger partial charge < -0.3 is 19.3 Å². The molecular weight excluding hydrogens is 288 g/mol. The van der Waals surface area contributed by atoms with Crippen LogP contribution in [-0.4, -0.2) is 32.5 Å². The maximum atomic E-state index is 10.1. The second-order valence-corrected chi connectivity index (χ2v) is 4.38. The number of aliphatic hydroxyl groups is 1. The van der Waals surface area contributed by atoms with Gasteiger partial charge in [-0.25, -0.2) is 0 Å². The Morgan fingerprint density at radius 3 is 2.29 bits per heavy atom. The number of benzene rings is 1. The lowest BCUT2D eigenvalue weighted by Gasteiger charge is -2.21. The third kappa shape index (κ3) is 2.91. The van der Waals surface area contributed by atoms with Crippen LogP contribution >= 0.6 is 15.9 Å². The van der Waals surface area contributed by atoms with Crippen molar-refractivity contribution in [3.05, 3.63) is 22.2 Å². The average Bonchev–Trinajstić information content (AvgIpc) is 2.36. The summed E-state index contributed by atoms with van der Waals surface area (Å²) in [5.41, 5.74) is 0.662. The molecule has 0 spiro atoms. The molecule has 96 valence electrons. The molecule has 2 unspecified atom stereocenters. The number of halogens is 1. The Kier molecular flexibility index (Phi) is 5.24. The molecule has 1 aromatic rings. The minimum atomic E-state index is -0.753. The van der Waals surface area contributed by atoms with Crippen molar-refractivity contribution in [1.82, 2.24) is 0 Å². The van der Waals surface area contributed by atoms with Crippen LogP contribution in [0.1, 0.15) is 18.6 Å². The van der Waals surface area contributed by atoms with Crippen LogP contribution < -0.4 is 9.47 Å².